The monoisotopic (exact) mass is 476 g/mol. The van der Waals surface area contributed by atoms with Crippen LogP contribution in [0.2, 0.25) is 15.1 Å². The van der Waals surface area contributed by atoms with Gasteiger partial charge in [0, 0.05) is 32.1 Å². The van der Waals surface area contributed by atoms with Crippen LogP contribution in [0.15, 0.2) is 60.1 Å². The van der Waals surface area contributed by atoms with Gasteiger partial charge in [-0.05, 0) is 29.8 Å². The minimum absolute atomic E-state index is 0.157. The number of hydrogen-bond donors (Lipinski definition) is 1. The predicted octanol–water partition coefficient (Wildman–Crippen LogP) is 6.20. The fourth-order valence-corrected chi connectivity index (χ4v) is 4.35. The van der Waals surface area contributed by atoms with Crippen LogP contribution < -0.4 is 5.32 Å². The molecule has 5 nitrogen and oxygen atoms in total. The van der Waals surface area contributed by atoms with Gasteiger partial charge in [0.25, 0.3) is 0 Å². The third-order valence-electron chi connectivity index (χ3n) is 4.28. The first-order valence-corrected chi connectivity index (χ1v) is 11.0. The van der Waals surface area contributed by atoms with Crippen LogP contribution in [-0.2, 0) is 17.8 Å². The zero-order chi connectivity index (χ0) is 21.1. The van der Waals surface area contributed by atoms with E-state index in [2.05, 4.69) is 15.4 Å². The molecule has 4 rings (SSSR count). The van der Waals surface area contributed by atoms with Gasteiger partial charge in [-0.1, -0.05) is 53.0 Å². The third-order valence-corrected chi connectivity index (χ3v) is 6.05. The molecule has 9 heteroatoms. The molecule has 30 heavy (non-hydrogen) atoms. The average molecular weight is 478 g/mol. The Morgan fingerprint density at radius 2 is 1.90 bits per heavy atom. The van der Waals surface area contributed by atoms with Crippen molar-refractivity contribution < 1.29 is 4.79 Å². The van der Waals surface area contributed by atoms with Gasteiger partial charge in [0.2, 0.25) is 5.91 Å². The molecule has 0 bridgehead atoms. The summed E-state index contributed by atoms with van der Waals surface area (Å²) in [6, 6.07) is 14.5. The number of aromatic nitrogens is 3. The van der Waals surface area contributed by atoms with E-state index in [1.807, 2.05) is 35.7 Å². The molecule has 0 aliphatic carbocycles. The van der Waals surface area contributed by atoms with Crippen LogP contribution >= 0.6 is 46.1 Å². The number of anilines is 1. The molecule has 0 saturated heterocycles. The highest BCUT2D eigenvalue weighted by Crippen LogP contribution is 2.26. The second-order valence-corrected chi connectivity index (χ2v) is 8.63. The largest absolute Gasteiger partial charge is 0.311 e. The minimum Gasteiger partial charge on any atom is -0.311 e. The average Bonchev–Trinajstić information content (AvgIpc) is 3.34. The lowest BCUT2D eigenvalue weighted by Crippen LogP contribution is -2.18. The smallest absolute Gasteiger partial charge is 0.231 e. The fourth-order valence-electron chi connectivity index (χ4n) is 2.87. The van der Waals surface area contributed by atoms with E-state index in [0.717, 1.165) is 16.1 Å². The molecule has 2 heterocycles. The van der Waals surface area contributed by atoms with E-state index in [-0.39, 0.29) is 12.3 Å². The lowest BCUT2D eigenvalue weighted by atomic mass is 10.2. The Kier molecular flexibility index (Phi) is 6.39. The number of halogens is 3. The lowest BCUT2D eigenvalue weighted by molar-refractivity contribution is -0.115. The molecule has 152 valence electrons. The predicted molar refractivity (Wildman–Crippen MR) is 123 cm³/mol. The second kappa shape index (κ2) is 9.18. The van der Waals surface area contributed by atoms with Crippen LogP contribution in [0.4, 0.5) is 5.82 Å². The normalized spacial score (nSPS) is 10.9. The fraction of sp³-hybridized carbons (Fsp3) is 0.0952. The van der Waals surface area contributed by atoms with E-state index in [4.69, 9.17) is 34.8 Å². The molecule has 0 saturated carbocycles. The number of hydrogen-bond acceptors (Lipinski definition) is 4. The first kappa shape index (κ1) is 20.9. The molecule has 1 N–H and O–H groups in total. The molecule has 0 aliphatic heterocycles. The Labute approximate surface area is 192 Å². The number of carbonyl (C=O) groups is 1. The van der Waals surface area contributed by atoms with Gasteiger partial charge in [-0.2, -0.15) is 5.10 Å². The molecule has 0 spiro atoms. The van der Waals surface area contributed by atoms with Gasteiger partial charge in [-0.3, -0.25) is 4.79 Å². The zero-order valence-electron chi connectivity index (χ0n) is 15.5. The number of nitrogens with zero attached hydrogens (tertiary/aromatic N) is 3. The van der Waals surface area contributed by atoms with Crippen molar-refractivity contribution in [2.75, 3.05) is 5.32 Å². The molecule has 0 unspecified atom stereocenters. The molecule has 0 radical (unpaired) electrons. The second-order valence-electron chi connectivity index (χ2n) is 6.49. The molecule has 1 amide bonds. The maximum atomic E-state index is 12.5. The van der Waals surface area contributed by atoms with Crippen molar-refractivity contribution in [1.82, 2.24) is 14.8 Å². The van der Waals surface area contributed by atoms with Crippen LogP contribution in [0.3, 0.4) is 0 Å². The van der Waals surface area contributed by atoms with Crippen LogP contribution in [0.1, 0.15) is 11.3 Å². The molecule has 0 fully saturated rings. The summed E-state index contributed by atoms with van der Waals surface area (Å²) in [5.74, 6) is 0.401. The van der Waals surface area contributed by atoms with E-state index in [1.165, 1.54) is 11.3 Å². The maximum Gasteiger partial charge on any atom is 0.231 e. The Balaban J connectivity index is 1.42. The van der Waals surface area contributed by atoms with Gasteiger partial charge in [-0.25, -0.2) is 9.67 Å². The number of nitrogens with one attached hydrogen (secondary N) is 1. The van der Waals surface area contributed by atoms with Crippen LogP contribution in [0.25, 0.3) is 10.6 Å². The quantitative estimate of drug-likeness (QED) is 0.360. The molecular formula is C21H15Cl3N4OS. The summed E-state index contributed by atoms with van der Waals surface area (Å²) in [5.41, 5.74) is 2.47. The summed E-state index contributed by atoms with van der Waals surface area (Å²) in [4.78, 5) is 17.1. The van der Waals surface area contributed by atoms with Gasteiger partial charge in [0.05, 0.1) is 24.9 Å². The third kappa shape index (κ3) is 5.02. The first-order valence-electron chi connectivity index (χ1n) is 8.94. The maximum absolute atomic E-state index is 12.5. The number of carbonyl (C=O) groups excluding carboxylic acids is 1. The molecule has 0 atom stereocenters. The summed E-state index contributed by atoms with van der Waals surface area (Å²) in [6.07, 6.45) is 1.78. The van der Waals surface area contributed by atoms with E-state index in [0.29, 0.717) is 33.1 Å². The summed E-state index contributed by atoms with van der Waals surface area (Å²) in [7, 11) is 0. The topological polar surface area (TPSA) is 59.8 Å². The van der Waals surface area contributed by atoms with Crippen molar-refractivity contribution in [3.05, 3.63) is 86.4 Å². The molecule has 2 aromatic heterocycles. The van der Waals surface area contributed by atoms with Crippen LogP contribution in [0.5, 0.6) is 0 Å². The van der Waals surface area contributed by atoms with Crippen molar-refractivity contribution in [3.63, 3.8) is 0 Å². The number of thiazole rings is 1. The van der Waals surface area contributed by atoms with E-state index in [9.17, 15) is 4.79 Å². The van der Waals surface area contributed by atoms with Gasteiger partial charge in [0.15, 0.2) is 0 Å². The molecule has 4 aromatic rings. The van der Waals surface area contributed by atoms with Crippen molar-refractivity contribution in [1.29, 1.82) is 0 Å². The Morgan fingerprint density at radius 3 is 2.70 bits per heavy atom. The number of benzene rings is 2. The molecule has 2 aromatic carbocycles. The van der Waals surface area contributed by atoms with Gasteiger partial charge < -0.3 is 5.32 Å². The standard InChI is InChI=1S/C21H15Cl3N4OS/c22-15-3-1-2-13(8-15)21-26-17(12-30-21)10-20(29)27-19-6-7-25-28(19)11-14-4-5-16(23)9-18(14)24/h1-9,12H,10-11H2,(H,27,29). The van der Waals surface area contributed by atoms with Gasteiger partial charge >= 0.3 is 0 Å². The van der Waals surface area contributed by atoms with Crippen molar-refractivity contribution in [2.45, 2.75) is 13.0 Å². The zero-order valence-corrected chi connectivity index (χ0v) is 18.6. The molecular weight excluding hydrogens is 463 g/mol. The highest BCUT2D eigenvalue weighted by atomic mass is 35.5. The van der Waals surface area contributed by atoms with E-state index >= 15 is 0 Å². The summed E-state index contributed by atoms with van der Waals surface area (Å²) < 4.78 is 1.67. The van der Waals surface area contributed by atoms with Crippen molar-refractivity contribution >= 4 is 57.9 Å². The Bertz CT molecular complexity index is 1200. The van der Waals surface area contributed by atoms with Crippen molar-refractivity contribution in [2.24, 2.45) is 0 Å². The Hall–Kier alpha value is -2.38. The van der Waals surface area contributed by atoms with Crippen LogP contribution in [-0.4, -0.2) is 20.7 Å². The highest BCUT2D eigenvalue weighted by Gasteiger charge is 2.13. The molecule has 0 aliphatic rings. The van der Waals surface area contributed by atoms with Crippen molar-refractivity contribution in [3.8, 4) is 10.6 Å². The summed E-state index contributed by atoms with van der Waals surface area (Å²) >= 11 is 19.7. The first-order chi connectivity index (χ1) is 14.5. The lowest BCUT2D eigenvalue weighted by Gasteiger charge is -2.10. The van der Waals surface area contributed by atoms with Crippen LogP contribution in [0, 0.1) is 0 Å². The van der Waals surface area contributed by atoms with Gasteiger partial charge in [0.1, 0.15) is 10.8 Å². The SMILES string of the molecule is O=C(Cc1csc(-c2cccc(Cl)c2)n1)Nc1ccnn1Cc1ccc(Cl)cc1Cl. The van der Waals surface area contributed by atoms with Gasteiger partial charge in [-0.15, -0.1) is 11.3 Å². The highest BCUT2D eigenvalue weighted by molar-refractivity contribution is 7.13. The minimum atomic E-state index is -0.179. The summed E-state index contributed by atoms with van der Waals surface area (Å²) in [5, 5.41) is 11.6. The number of rotatable bonds is 6. The Morgan fingerprint density at radius 1 is 1.07 bits per heavy atom. The number of amides is 1. The van der Waals surface area contributed by atoms with E-state index < -0.39 is 0 Å². The summed E-state index contributed by atoms with van der Waals surface area (Å²) in [6.45, 7) is 0.411. The van der Waals surface area contributed by atoms with E-state index in [1.54, 1.807) is 29.1 Å².